The maximum Gasteiger partial charge on any atom is 0.337 e. The van der Waals surface area contributed by atoms with Crippen molar-refractivity contribution in [2.45, 2.75) is 19.4 Å². The van der Waals surface area contributed by atoms with Gasteiger partial charge in [-0.2, -0.15) is 0 Å². The maximum absolute atomic E-state index is 12.3. The third-order valence-corrected chi connectivity index (χ3v) is 4.21. The van der Waals surface area contributed by atoms with E-state index < -0.39 is 17.5 Å². The Morgan fingerprint density at radius 1 is 1.04 bits per heavy atom. The summed E-state index contributed by atoms with van der Waals surface area (Å²) in [5, 5.41) is 6.45. The average Bonchev–Trinajstić information content (AvgIpc) is 2.56. The van der Waals surface area contributed by atoms with E-state index in [4.69, 9.17) is 23.2 Å². The number of carbonyl (C=O) groups is 2. The van der Waals surface area contributed by atoms with E-state index >= 15 is 0 Å². The summed E-state index contributed by atoms with van der Waals surface area (Å²) in [5.41, 5.74) is 0.857. The Labute approximate surface area is 156 Å². The lowest BCUT2D eigenvalue weighted by molar-refractivity contribution is 0.0600. The van der Waals surface area contributed by atoms with Gasteiger partial charge in [0.05, 0.1) is 28.9 Å². The standard InChI is InChI=1S/C18H18Cl2N2O3/c1-18(2,12-5-7-13(19)8-6-12)22-17(24)21-15-10-11(16(23)25-3)4-9-14(15)20/h4-10H,1-3H3,(H2,21,22,24). The number of nitrogens with one attached hydrogen (secondary N) is 2. The summed E-state index contributed by atoms with van der Waals surface area (Å²) in [6.45, 7) is 3.73. The zero-order chi connectivity index (χ0) is 18.6. The van der Waals surface area contributed by atoms with Gasteiger partial charge in [-0.05, 0) is 49.7 Å². The maximum atomic E-state index is 12.3. The van der Waals surface area contributed by atoms with Crippen LogP contribution in [0.15, 0.2) is 42.5 Å². The van der Waals surface area contributed by atoms with Crippen LogP contribution in [0.3, 0.4) is 0 Å². The first kappa shape index (κ1) is 19.1. The number of benzene rings is 2. The molecule has 25 heavy (non-hydrogen) atoms. The number of carbonyl (C=O) groups excluding carboxylic acids is 2. The molecule has 0 aromatic heterocycles. The van der Waals surface area contributed by atoms with Gasteiger partial charge in [0.1, 0.15) is 0 Å². The van der Waals surface area contributed by atoms with Gasteiger partial charge in [0, 0.05) is 5.02 Å². The molecule has 5 nitrogen and oxygen atoms in total. The Balaban J connectivity index is 2.14. The molecule has 0 atom stereocenters. The number of hydrogen-bond donors (Lipinski definition) is 2. The van der Waals surface area contributed by atoms with Gasteiger partial charge in [0.2, 0.25) is 0 Å². The van der Waals surface area contributed by atoms with Crippen molar-refractivity contribution in [2.24, 2.45) is 0 Å². The molecule has 0 spiro atoms. The van der Waals surface area contributed by atoms with Gasteiger partial charge in [-0.3, -0.25) is 0 Å². The molecule has 7 heteroatoms. The third kappa shape index (κ3) is 4.87. The molecule has 0 unspecified atom stereocenters. The van der Waals surface area contributed by atoms with Gasteiger partial charge in [-0.25, -0.2) is 9.59 Å². The van der Waals surface area contributed by atoms with E-state index in [0.29, 0.717) is 21.3 Å². The van der Waals surface area contributed by atoms with E-state index in [1.807, 2.05) is 26.0 Å². The van der Waals surface area contributed by atoms with Crippen molar-refractivity contribution in [1.29, 1.82) is 0 Å². The highest BCUT2D eigenvalue weighted by Gasteiger charge is 2.23. The van der Waals surface area contributed by atoms with E-state index in [1.165, 1.54) is 25.3 Å². The minimum absolute atomic E-state index is 0.291. The first-order chi connectivity index (χ1) is 11.7. The highest BCUT2D eigenvalue weighted by Crippen LogP contribution is 2.25. The van der Waals surface area contributed by atoms with E-state index in [-0.39, 0.29) is 0 Å². The number of hydrogen-bond acceptors (Lipinski definition) is 3. The van der Waals surface area contributed by atoms with Crippen LogP contribution in [0.4, 0.5) is 10.5 Å². The normalized spacial score (nSPS) is 10.9. The van der Waals surface area contributed by atoms with Gasteiger partial charge in [0.25, 0.3) is 0 Å². The number of ether oxygens (including phenoxy) is 1. The molecule has 2 amide bonds. The highest BCUT2D eigenvalue weighted by atomic mass is 35.5. The quantitative estimate of drug-likeness (QED) is 0.745. The van der Waals surface area contributed by atoms with Gasteiger partial charge >= 0.3 is 12.0 Å². The highest BCUT2D eigenvalue weighted by molar-refractivity contribution is 6.33. The predicted molar refractivity (Wildman–Crippen MR) is 99.4 cm³/mol. The van der Waals surface area contributed by atoms with Gasteiger partial charge in [-0.15, -0.1) is 0 Å². The molecule has 0 fully saturated rings. The zero-order valence-corrected chi connectivity index (χ0v) is 15.5. The predicted octanol–water partition coefficient (Wildman–Crippen LogP) is 4.84. The summed E-state index contributed by atoms with van der Waals surface area (Å²) in [6.07, 6.45) is 0. The van der Waals surface area contributed by atoms with Crippen LogP contribution in [0.25, 0.3) is 0 Å². The van der Waals surface area contributed by atoms with Crippen molar-refractivity contribution >= 4 is 40.9 Å². The van der Waals surface area contributed by atoms with Crippen molar-refractivity contribution < 1.29 is 14.3 Å². The zero-order valence-electron chi connectivity index (χ0n) is 14.0. The Morgan fingerprint density at radius 3 is 2.28 bits per heavy atom. The van der Waals surface area contributed by atoms with Crippen molar-refractivity contribution in [3.8, 4) is 0 Å². The second kappa shape index (κ2) is 7.76. The fraction of sp³-hybridized carbons (Fsp3) is 0.222. The Hall–Kier alpha value is -2.24. The Morgan fingerprint density at radius 2 is 1.68 bits per heavy atom. The first-order valence-corrected chi connectivity index (χ1v) is 8.21. The smallest absolute Gasteiger partial charge is 0.337 e. The molecule has 0 aliphatic carbocycles. The molecule has 2 aromatic rings. The number of urea groups is 1. The number of anilines is 1. The molecule has 0 aliphatic rings. The van der Waals surface area contributed by atoms with Crippen LogP contribution in [-0.2, 0) is 10.3 Å². The minimum atomic E-state index is -0.638. The molecule has 0 bridgehead atoms. The van der Waals surface area contributed by atoms with Crippen LogP contribution < -0.4 is 10.6 Å². The van der Waals surface area contributed by atoms with Crippen molar-refractivity contribution in [3.05, 3.63) is 63.6 Å². The molecule has 0 saturated carbocycles. The van der Waals surface area contributed by atoms with Crippen molar-refractivity contribution in [1.82, 2.24) is 5.32 Å². The lowest BCUT2D eigenvalue weighted by atomic mass is 9.94. The Kier molecular flexibility index (Phi) is 5.93. The summed E-state index contributed by atoms with van der Waals surface area (Å²) in [6, 6.07) is 11.3. The summed E-state index contributed by atoms with van der Waals surface area (Å²) in [7, 11) is 1.28. The molecular weight excluding hydrogens is 363 g/mol. The van der Waals surface area contributed by atoms with Gasteiger partial charge < -0.3 is 15.4 Å². The van der Waals surface area contributed by atoms with Crippen LogP contribution >= 0.6 is 23.2 Å². The number of amides is 2. The van der Waals surface area contributed by atoms with Crippen molar-refractivity contribution in [2.75, 3.05) is 12.4 Å². The molecule has 0 radical (unpaired) electrons. The van der Waals surface area contributed by atoms with Gasteiger partial charge in [-0.1, -0.05) is 35.3 Å². The van der Waals surface area contributed by atoms with E-state index in [9.17, 15) is 9.59 Å². The number of halogens is 2. The summed E-state index contributed by atoms with van der Waals surface area (Å²) in [5.74, 6) is -0.512. The molecule has 132 valence electrons. The van der Waals surface area contributed by atoms with E-state index in [1.54, 1.807) is 12.1 Å². The molecule has 0 heterocycles. The lowest BCUT2D eigenvalue weighted by Gasteiger charge is -2.27. The second-order valence-electron chi connectivity index (χ2n) is 5.90. The van der Waals surface area contributed by atoms with Crippen molar-refractivity contribution in [3.63, 3.8) is 0 Å². The molecule has 2 rings (SSSR count). The first-order valence-electron chi connectivity index (χ1n) is 7.46. The number of esters is 1. The third-order valence-electron chi connectivity index (χ3n) is 3.63. The monoisotopic (exact) mass is 380 g/mol. The van der Waals surface area contributed by atoms with Crippen LogP contribution in [0.2, 0.25) is 10.0 Å². The molecule has 2 aromatic carbocycles. The number of methoxy groups -OCH3 is 1. The SMILES string of the molecule is COC(=O)c1ccc(Cl)c(NC(=O)NC(C)(C)c2ccc(Cl)cc2)c1. The molecule has 0 saturated heterocycles. The fourth-order valence-corrected chi connectivity index (χ4v) is 2.53. The minimum Gasteiger partial charge on any atom is -0.465 e. The topological polar surface area (TPSA) is 67.4 Å². The second-order valence-corrected chi connectivity index (χ2v) is 6.74. The summed E-state index contributed by atoms with van der Waals surface area (Å²) < 4.78 is 4.66. The van der Waals surface area contributed by atoms with Gasteiger partial charge in [0.15, 0.2) is 0 Å². The Bertz CT molecular complexity index is 789. The fourth-order valence-electron chi connectivity index (χ4n) is 2.24. The van der Waals surface area contributed by atoms with Crippen LogP contribution in [-0.4, -0.2) is 19.1 Å². The van der Waals surface area contributed by atoms with Crippen LogP contribution in [0, 0.1) is 0 Å². The van der Waals surface area contributed by atoms with E-state index in [0.717, 1.165) is 5.56 Å². The van der Waals surface area contributed by atoms with Crippen LogP contribution in [0.5, 0.6) is 0 Å². The average molecular weight is 381 g/mol. The largest absolute Gasteiger partial charge is 0.465 e. The lowest BCUT2D eigenvalue weighted by Crippen LogP contribution is -2.43. The summed E-state index contributed by atoms with van der Waals surface area (Å²) in [4.78, 5) is 23.9. The molecule has 2 N–H and O–H groups in total. The number of rotatable bonds is 4. The molecule has 0 aliphatic heterocycles. The summed E-state index contributed by atoms with van der Waals surface area (Å²) >= 11 is 12.0. The van der Waals surface area contributed by atoms with E-state index in [2.05, 4.69) is 15.4 Å². The molecular formula is C18H18Cl2N2O3. The van der Waals surface area contributed by atoms with Crippen LogP contribution in [0.1, 0.15) is 29.8 Å².